The van der Waals surface area contributed by atoms with Crippen molar-refractivity contribution in [2.24, 2.45) is 5.92 Å². The van der Waals surface area contributed by atoms with Crippen LogP contribution < -0.4 is 10.2 Å². The van der Waals surface area contributed by atoms with E-state index in [1.165, 1.54) is 0 Å². The molecule has 2 fully saturated rings. The lowest BCUT2D eigenvalue weighted by molar-refractivity contribution is -0.274. The van der Waals surface area contributed by atoms with Crippen LogP contribution in [0.25, 0.3) is 0 Å². The molecular formula is C39H46BrN3O11Si. The number of halogens is 1. The van der Waals surface area contributed by atoms with Crippen LogP contribution in [0.1, 0.15) is 35.6 Å². The summed E-state index contributed by atoms with van der Waals surface area (Å²) in [5, 5.41) is 53.0. The van der Waals surface area contributed by atoms with E-state index in [1.54, 1.807) is 47.2 Å². The average Bonchev–Trinajstić information content (AvgIpc) is 3.57. The number of rotatable bonds is 8. The average molecular weight is 841 g/mol. The molecule has 4 aliphatic rings. The third-order valence-electron chi connectivity index (χ3n) is 11.6. The quantitative estimate of drug-likeness (QED) is 0.163. The number of carbonyl (C=O) groups is 3. The Morgan fingerprint density at radius 3 is 2.42 bits per heavy atom. The van der Waals surface area contributed by atoms with Crippen molar-refractivity contribution in [1.82, 2.24) is 4.90 Å². The second-order valence-corrected chi connectivity index (χ2v) is 20.4. The topological polar surface area (TPSA) is 210 Å². The van der Waals surface area contributed by atoms with Gasteiger partial charge in [-0.05, 0) is 66.5 Å². The minimum Gasteiger partial charge on any atom is -0.432 e. The number of hydrogen-bond donors (Lipinski definition) is 7. The fourth-order valence-corrected chi connectivity index (χ4v) is 11.9. The lowest BCUT2D eigenvalue weighted by atomic mass is 9.82. The molecule has 16 heteroatoms. The second-order valence-electron chi connectivity index (χ2n) is 15.6. The number of nitrogens with one attached hydrogen (secondary N) is 1. The van der Waals surface area contributed by atoms with Gasteiger partial charge in [0.2, 0.25) is 5.91 Å². The molecule has 0 aliphatic carbocycles. The fraction of sp³-hybridized carbons (Fsp3) is 0.462. The first-order chi connectivity index (χ1) is 26.0. The van der Waals surface area contributed by atoms with Gasteiger partial charge in [0.1, 0.15) is 18.3 Å². The van der Waals surface area contributed by atoms with Crippen LogP contribution in [0.5, 0.6) is 0 Å². The van der Waals surface area contributed by atoms with Crippen molar-refractivity contribution in [3.8, 4) is 0 Å². The number of carbonyl (C=O) groups excluding carboxylic acids is 3. The summed E-state index contributed by atoms with van der Waals surface area (Å²) in [6, 6.07) is 19.5. The molecule has 4 heterocycles. The van der Waals surface area contributed by atoms with Gasteiger partial charge < -0.3 is 54.9 Å². The smallest absolute Gasteiger partial charge is 0.264 e. The van der Waals surface area contributed by atoms with Gasteiger partial charge in [-0.2, -0.15) is 0 Å². The first kappa shape index (κ1) is 39.7. The maximum absolute atomic E-state index is 15.0. The Balaban J connectivity index is 1.15. The molecule has 2 saturated heterocycles. The van der Waals surface area contributed by atoms with Crippen LogP contribution in [0.2, 0.25) is 18.6 Å². The highest BCUT2D eigenvalue weighted by Gasteiger charge is 2.66. The third-order valence-corrected chi connectivity index (χ3v) is 14.6. The summed E-state index contributed by atoms with van der Waals surface area (Å²) in [6.45, 7) is 5.66. The van der Waals surface area contributed by atoms with Gasteiger partial charge in [0.25, 0.3) is 11.8 Å². The summed E-state index contributed by atoms with van der Waals surface area (Å²) < 4.78 is 12.7. The van der Waals surface area contributed by atoms with E-state index in [0.717, 1.165) is 11.1 Å². The highest BCUT2D eigenvalue weighted by Crippen LogP contribution is 2.60. The van der Waals surface area contributed by atoms with Gasteiger partial charge in [-0.3, -0.25) is 14.4 Å². The Hall–Kier alpha value is -3.55. The predicted molar refractivity (Wildman–Crippen MR) is 205 cm³/mol. The van der Waals surface area contributed by atoms with Crippen molar-refractivity contribution >= 4 is 53.3 Å². The Kier molecular flexibility index (Phi) is 10.9. The normalized spacial score (nSPS) is 31.7. The Bertz CT molecular complexity index is 1980. The SMILES string of the molecule is C[C@@H]1[C@@H]([Si](C)(C)O)[C@H](CC(=O)N2Cc3ccccc3C[C@H]2CO)O[C@@]12C(=O)N(Cc1cccc(NC(=O)[C@H]3O[C@@H](O)[C@H](O)[C@@H](O)[C@@H]3O)c1)c1ccc(Br)cc12. The summed E-state index contributed by atoms with van der Waals surface area (Å²) in [5.74, 6) is -1.99. The number of ether oxygens (including phenoxy) is 2. The molecule has 3 aromatic carbocycles. The van der Waals surface area contributed by atoms with Crippen molar-refractivity contribution in [1.29, 1.82) is 0 Å². The molecule has 294 valence electrons. The lowest BCUT2D eigenvalue weighted by Crippen LogP contribution is -2.60. The summed E-state index contributed by atoms with van der Waals surface area (Å²) in [5.41, 5.74) is 2.14. The molecule has 10 atom stereocenters. The molecular weight excluding hydrogens is 794 g/mol. The number of fused-ring (bicyclic) bond motifs is 3. The number of aliphatic hydroxyl groups excluding tert-OH is 5. The van der Waals surface area contributed by atoms with Crippen LogP contribution in [-0.4, -0.2) is 111 Å². The summed E-state index contributed by atoms with van der Waals surface area (Å²) in [6.07, 6.45) is -9.32. The van der Waals surface area contributed by atoms with E-state index in [2.05, 4.69) is 21.2 Å². The first-order valence-corrected chi connectivity index (χ1v) is 22.1. The zero-order valence-corrected chi connectivity index (χ0v) is 33.2. The monoisotopic (exact) mass is 839 g/mol. The van der Waals surface area contributed by atoms with Crippen LogP contribution in [0.4, 0.5) is 11.4 Å². The molecule has 3 amide bonds. The van der Waals surface area contributed by atoms with Crippen LogP contribution in [-0.2, 0) is 49.0 Å². The van der Waals surface area contributed by atoms with Gasteiger partial charge in [0.15, 0.2) is 26.3 Å². The predicted octanol–water partition coefficient (Wildman–Crippen LogP) is 1.87. The number of benzene rings is 3. The van der Waals surface area contributed by atoms with E-state index in [4.69, 9.17) is 9.47 Å². The van der Waals surface area contributed by atoms with E-state index in [1.807, 2.05) is 49.4 Å². The van der Waals surface area contributed by atoms with Gasteiger partial charge >= 0.3 is 0 Å². The largest absolute Gasteiger partial charge is 0.432 e. The minimum atomic E-state index is -3.10. The zero-order chi connectivity index (χ0) is 39.6. The molecule has 4 aliphatic heterocycles. The maximum atomic E-state index is 15.0. The van der Waals surface area contributed by atoms with Crippen LogP contribution in [0.3, 0.4) is 0 Å². The fourth-order valence-electron chi connectivity index (χ4n) is 8.96. The van der Waals surface area contributed by atoms with Crippen molar-refractivity contribution in [2.75, 3.05) is 16.8 Å². The molecule has 55 heavy (non-hydrogen) atoms. The number of nitrogens with zero attached hydrogens (tertiary/aromatic N) is 2. The van der Waals surface area contributed by atoms with Crippen LogP contribution in [0, 0.1) is 5.92 Å². The molecule has 0 unspecified atom stereocenters. The summed E-state index contributed by atoms with van der Waals surface area (Å²) in [4.78, 5) is 57.2. The standard InChI is InChI=1S/C39H46BrN3O11Si/c1-20-35(55(2,3)52)29(16-30(45)42-18-23-9-5-4-8-22(23)14-26(42)19-44)54-39(20)27-15-24(40)11-12-28(27)43(38(39)51)17-21-7-6-10-25(13-21)41-36(49)34-32(47)31(46)33(48)37(50)53-34/h4-13,15,20,26,29,31-35,37,44,46-48,50,52H,14,16-19H2,1-3H3,(H,41,49)/t20-,26+,29+,31+,32+,33-,34+,35-,37-,39+/m1/s1. The van der Waals surface area contributed by atoms with Crippen molar-refractivity contribution in [3.63, 3.8) is 0 Å². The Morgan fingerprint density at radius 2 is 1.71 bits per heavy atom. The maximum Gasteiger partial charge on any atom is 0.264 e. The Labute approximate surface area is 327 Å². The van der Waals surface area contributed by atoms with Gasteiger partial charge in [-0.1, -0.05) is 59.3 Å². The minimum absolute atomic E-state index is 0.0563. The molecule has 0 saturated carbocycles. The van der Waals surface area contributed by atoms with Crippen molar-refractivity contribution in [2.45, 2.75) is 99.9 Å². The highest BCUT2D eigenvalue weighted by atomic mass is 79.9. The molecule has 3 aromatic rings. The van der Waals surface area contributed by atoms with Crippen LogP contribution >= 0.6 is 15.9 Å². The highest BCUT2D eigenvalue weighted by molar-refractivity contribution is 9.10. The molecule has 14 nitrogen and oxygen atoms in total. The molecule has 7 rings (SSSR count). The van der Waals surface area contributed by atoms with Crippen molar-refractivity contribution in [3.05, 3.63) is 93.5 Å². The third kappa shape index (κ3) is 7.07. The Morgan fingerprint density at radius 1 is 0.982 bits per heavy atom. The molecule has 7 N–H and O–H groups in total. The number of hydrogen-bond acceptors (Lipinski definition) is 11. The van der Waals surface area contributed by atoms with Gasteiger partial charge in [0.05, 0.1) is 37.4 Å². The van der Waals surface area contributed by atoms with Gasteiger partial charge in [0, 0.05) is 33.7 Å². The zero-order valence-electron chi connectivity index (χ0n) is 30.6. The van der Waals surface area contributed by atoms with E-state index in [0.29, 0.717) is 34.3 Å². The summed E-state index contributed by atoms with van der Waals surface area (Å²) >= 11 is 3.57. The molecule has 0 radical (unpaired) electrons. The summed E-state index contributed by atoms with van der Waals surface area (Å²) in [7, 11) is -3.10. The van der Waals surface area contributed by atoms with Gasteiger partial charge in [-0.25, -0.2) is 0 Å². The lowest BCUT2D eigenvalue weighted by Gasteiger charge is -2.37. The van der Waals surface area contributed by atoms with Crippen LogP contribution in [0.15, 0.2) is 71.2 Å². The molecule has 0 aromatic heterocycles. The first-order valence-electron chi connectivity index (χ1n) is 18.3. The van der Waals surface area contributed by atoms with Crippen molar-refractivity contribution < 1.29 is 54.2 Å². The van der Waals surface area contributed by atoms with Gasteiger partial charge in [-0.15, -0.1) is 0 Å². The van der Waals surface area contributed by atoms with E-state index >= 15 is 0 Å². The number of anilines is 2. The van der Waals surface area contributed by atoms with E-state index in [-0.39, 0.29) is 37.1 Å². The number of amides is 3. The van der Waals surface area contributed by atoms with E-state index < -0.39 is 74.1 Å². The van der Waals surface area contributed by atoms with E-state index in [9.17, 15) is 44.7 Å². The molecule has 1 spiro atoms. The molecule has 0 bridgehead atoms. The second kappa shape index (κ2) is 15.1. The number of aliphatic hydroxyl groups is 5.